The van der Waals surface area contributed by atoms with E-state index in [0.29, 0.717) is 27.5 Å². The summed E-state index contributed by atoms with van der Waals surface area (Å²) in [4.78, 5) is 23.4. The number of carbonyl (C=O) groups is 2. The maximum Gasteiger partial charge on any atom is 0.335 e. The van der Waals surface area contributed by atoms with Gasteiger partial charge in [-0.15, -0.1) is 0 Å². The van der Waals surface area contributed by atoms with Gasteiger partial charge in [0.1, 0.15) is 5.75 Å². The number of carboxylic acids is 1. The summed E-state index contributed by atoms with van der Waals surface area (Å²) in [6, 6.07) is 7.96. The molecule has 2 aromatic carbocycles. The average molecular weight is 329 g/mol. The van der Waals surface area contributed by atoms with E-state index in [9.17, 15) is 9.59 Å². The fourth-order valence-corrected chi connectivity index (χ4v) is 2.69. The van der Waals surface area contributed by atoms with Crippen LogP contribution in [-0.4, -0.2) is 16.9 Å². The molecule has 0 amide bonds. The number of ether oxygens (including phenoxy) is 1. The van der Waals surface area contributed by atoms with Gasteiger partial charge < -0.3 is 9.84 Å². The summed E-state index contributed by atoms with van der Waals surface area (Å²) in [5.41, 5.74) is 2.91. The Labute approximate surface area is 138 Å². The molecule has 1 N–H and O–H groups in total. The van der Waals surface area contributed by atoms with Crippen LogP contribution in [0.5, 0.6) is 5.75 Å². The zero-order valence-electron chi connectivity index (χ0n) is 12.5. The Balaban J connectivity index is 1.98. The van der Waals surface area contributed by atoms with Gasteiger partial charge in [0.25, 0.3) is 0 Å². The number of fused-ring (bicyclic) bond motifs is 1. The van der Waals surface area contributed by atoms with Gasteiger partial charge in [0.2, 0.25) is 5.78 Å². The smallest absolute Gasteiger partial charge is 0.335 e. The first-order valence-electron chi connectivity index (χ1n) is 6.96. The molecule has 23 heavy (non-hydrogen) atoms. The van der Waals surface area contributed by atoms with E-state index >= 15 is 0 Å². The number of carboxylic acid groups (broad SMARTS) is 1. The van der Waals surface area contributed by atoms with Crippen molar-refractivity contribution < 1.29 is 19.4 Å². The molecule has 0 fully saturated rings. The second-order valence-corrected chi connectivity index (χ2v) is 5.75. The first-order chi connectivity index (χ1) is 10.9. The lowest BCUT2D eigenvalue weighted by Crippen LogP contribution is -2.00. The van der Waals surface area contributed by atoms with E-state index in [4.69, 9.17) is 21.4 Å². The first-order valence-corrected chi connectivity index (χ1v) is 7.33. The fourth-order valence-electron chi connectivity index (χ4n) is 2.54. The highest BCUT2D eigenvalue weighted by atomic mass is 35.5. The van der Waals surface area contributed by atoms with E-state index in [2.05, 4.69) is 0 Å². The van der Waals surface area contributed by atoms with E-state index in [0.717, 1.165) is 5.56 Å². The van der Waals surface area contributed by atoms with E-state index < -0.39 is 5.97 Å². The Hall–Kier alpha value is -2.59. The molecule has 3 rings (SSSR count). The number of aromatic carboxylic acids is 1. The number of benzene rings is 2. The summed E-state index contributed by atoms with van der Waals surface area (Å²) in [5, 5.41) is 9.46. The van der Waals surface area contributed by atoms with Gasteiger partial charge >= 0.3 is 5.97 Å². The molecule has 0 atom stereocenters. The predicted molar refractivity (Wildman–Crippen MR) is 87.3 cm³/mol. The van der Waals surface area contributed by atoms with Crippen molar-refractivity contribution in [3.05, 3.63) is 68.9 Å². The Bertz CT molecular complexity index is 864. The van der Waals surface area contributed by atoms with Crippen LogP contribution in [0.25, 0.3) is 6.08 Å². The zero-order chi connectivity index (χ0) is 16.7. The molecule has 1 aliphatic heterocycles. The zero-order valence-corrected chi connectivity index (χ0v) is 13.3. The van der Waals surface area contributed by atoms with Crippen molar-refractivity contribution >= 4 is 29.4 Å². The van der Waals surface area contributed by atoms with Gasteiger partial charge in [0.15, 0.2) is 5.76 Å². The molecule has 0 spiro atoms. The number of aryl methyl sites for hydroxylation is 1. The van der Waals surface area contributed by atoms with Crippen LogP contribution in [0, 0.1) is 13.8 Å². The summed E-state index contributed by atoms with van der Waals surface area (Å²) in [5.74, 6) is -0.511. The number of rotatable bonds is 2. The molecule has 0 saturated carbocycles. The van der Waals surface area contributed by atoms with Gasteiger partial charge in [0, 0.05) is 5.02 Å². The normalized spacial score (nSPS) is 14.7. The summed E-state index contributed by atoms with van der Waals surface area (Å²) in [6.45, 7) is 3.65. The minimum Gasteiger partial charge on any atom is -0.478 e. The highest BCUT2D eigenvalue weighted by Gasteiger charge is 2.30. The molecular formula is C18H13ClO4. The number of hydrogen-bond donors (Lipinski definition) is 1. The summed E-state index contributed by atoms with van der Waals surface area (Å²) in [7, 11) is 0. The lowest BCUT2D eigenvalue weighted by Gasteiger charge is -2.05. The van der Waals surface area contributed by atoms with E-state index in [-0.39, 0.29) is 17.1 Å². The second kappa shape index (κ2) is 5.56. The average Bonchev–Trinajstić information content (AvgIpc) is 2.81. The number of carbonyl (C=O) groups excluding carboxylic acids is 1. The minimum atomic E-state index is -0.995. The van der Waals surface area contributed by atoms with Crippen molar-refractivity contribution in [1.29, 1.82) is 0 Å². The van der Waals surface area contributed by atoms with Crippen LogP contribution in [-0.2, 0) is 0 Å². The van der Waals surface area contributed by atoms with Gasteiger partial charge in [0.05, 0.1) is 11.1 Å². The Morgan fingerprint density at radius 3 is 2.48 bits per heavy atom. The number of Topliss-reactive ketones (excluding diaryl/α,β-unsaturated/α-hetero) is 1. The summed E-state index contributed by atoms with van der Waals surface area (Å²) >= 11 is 6.20. The Morgan fingerprint density at radius 2 is 1.87 bits per heavy atom. The number of hydrogen-bond acceptors (Lipinski definition) is 3. The Morgan fingerprint density at radius 1 is 1.22 bits per heavy atom. The molecule has 116 valence electrons. The van der Waals surface area contributed by atoms with Gasteiger partial charge in [-0.05, 0) is 54.8 Å². The van der Waals surface area contributed by atoms with E-state index in [1.807, 2.05) is 6.92 Å². The first kappa shape index (κ1) is 15.3. The largest absolute Gasteiger partial charge is 0.478 e. The lowest BCUT2D eigenvalue weighted by molar-refractivity contribution is 0.0696. The SMILES string of the molecule is Cc1cc2c(c(C)c1Cl)C(=O)/C(=C/c1ccc(C(=O)O)cc1)O2. The van der Waals surface area contributed by atoms with E-state index in [1.54, 1.807) is 31.2 Å². The molecule has 1 heterocycles. The standard InChI is InChI=1S/C18H13ClO4/c1-9-7-13-15(10(2)16(9)19)17(20)14(23-13)8-11-3-5-12(6-4-11)18(21)22/h3-8H,1-2H3,(H,21,22)/b14-8-. The van der Waals surface area contributed by atoms with Crippen LogP contribution in [0.1, 0.15) is 37.4 Å². The topological polar surface area (TPSA) is 63.6 Å². The van der Waals surface area contributed by atoms with Crippen LogP contribution < -0.4 is 4.74 Å². The quantitative estimate of drug-likeness (QED) is 0.836. The van der Waals surface area contributed by atoms with Crippen molar-refractivity contribution in [2.24, 2.45) is 0 Å². The summed E-state index contributed by atoms with van der Waals surface area (Å²) < 4.78 is 5.65. The van der Waals surface area contributed by atoms with E-state index in [1.165, 1.54) is 12.1 Å². The number of ketones is 1. The molecule has 0 bridgehead atoms. The third-order valence-corrected chi connectivity index (χ3v) is 4.35. The van der Waals surface area contributed by atoms with Crippen LogP contribution in [0.4, 0.5) is 0 Å². The van der Waals surface area contributed by atoms with Crippen molar-refractivity contribution in [2.45, 2.75) is 13.8 Å². The van der Waals surface area contributed by atoms with Crippen LogP contribution >= 0.6 is 11.6 Å². The maximum atomic E-state index is 12.5. The molecule has 0 saturated heterocycles. The highest BCUT2D eigenvalue weighted by Crippen LogP contribution is 2.39. The van der Waals surface area contributed by atoms with Crippen molar-refractivity contribution in [3.8, 4) is 5.75 Å². The molecule has 0 aromatic heterocycles. The second-order valence-electron chi connectivity index (χ2n) is 5.37. The molecule has 2 aromatic rings. The monoisotopic (exact) mass is 328 g/mol. The molecule has 0 aliphatic carbocycles. The van der Waals surface area contributed by atoms with Gasteiger partial charge in [-0.2, -0.15) is 0 Å². The highest BCUT2D eigenvalue weighted by molar-refractivity contribution is 6.33. The Kier molecular flexibility index (Phi) is 3.70. The maximum absolute atomic E-state index is 12.5. The van der Waals surface area contributed by atoms with Crippen molar-refractivity contribution in [1.82, 2.24) is 0 Å². The lowest BCUT2D eigenvalue weighted by atomic mass is 10.0. The van der Waals surface area contributed by atoms with Crippen LogP contribution in [0.3, 0.4) is 0 Å². The van der Waals surface area contributed by atoms with Gasteiger partial charge in [-0.3, -0.25) is 4.79 Å². The number of allylic oxidation sites excluding steroid dienone is 1. The molecule has 0 unspecified atom stereocenters. The van der Waals surface area contributed by atoms with Crippen molar-refractivity contribution in [2.75, 3.05) is 0 Å². The third kappa shape index (κ3) is 2.62. The molecule has 5 heteroatoms. The molecule has 1 aliphatic rings. The predicted octanol–water partition coefficient (Wildman–Crippen LogP) is 4.27. The fraction of sp³-hybridized carbons (Fsp3) is 0.111. The summed E-state index contributed by atoms with van der Waals surface area (Å²) in [6.07, 6.45) is 1.59. The van der Waals surface area contributed by atoms with Crippen molar-refractivity contribution in [3.63, 3.8) is 0 Å². The van der Waals surface area contributed by atoms with Crippen LogP contribution in [0.15, 0.2) is 36.1 Å². The third-order valence-electron chi connectivity index (χ3n) is 3.77. The molecule has 0 radical (unpaired) electrons. The van der Waals surface area contributed by atoms with Gasteiger partial charge in [-0.25, -0.2) is 4.79 Å². The number of halogens is 1. The minimum absolute atomic E-state index is 0.187. The van der Waals surface area contributed by atoms with Gasteiger partial charge in [-0.1, -0.05) is 23.7 Å². The molecular weight excluding hydrogens is 316 g/mol. The molecule has 4 nitrogen and oxygen atoms in total. The van der Waals surface area contributed by atoms with Crippen LogP contribution in [0.2, 0.25) is 5.02 Å².